The van der Waals surface area contributed by atoms with Crippen molar-refractivity contribution < 1.29 is 4.74 Å². The van der Waals surface area contributed by atoms with E-state index in [9.17, 15) is 0 Å². The smallest absolute Gasteiger partial charge is 0.119 e. The predicted molar refractivity (Wildman–Crippen MR) is 106 cm³/mol. The number of hydrogen-bond donors (Lipinski definition) is 0. The van der Waals surface area contributed by atoms with Gasteiger partial charge in [0, 0.05) is 37.4 Å². The van der Waals surface area contributed by atoms with Crippen LogP contribution in [0.4, 0.5) is 5.69 Å². The van der Waals surface area contributed by atoms with Crippen molar-refractivity contribution in [2.24, 2.45) is 0 Å². The minimum atomic E-state index is 0.671. The number of fused-ring (bicyclic) bond motifs is 4. The van der Waals surface area contributed by atoms with Crippen molar-refractivity contribution in [3.05, 3.63) is 59.7 Å². The van der Waals surface area contributed by atoms with E-state index in [1.54, 1.807) is 7.11 Å². The molecule has 3 atom stereocenters. The number of ether oxygens (including phenoxy) is 1. The largest absolute Gasteiger partial charge is 0.497 e. The lowest BCUT2D eigenvalue weighted by Crippen LogP contribution is -2.63. The number of para-hydroxylation sites is 1. The first-order chi connectivity index (χ1) is 12.8. The van der Waals surface area contributed by atoms with Gasteiger partial charge in [-0.15, -0.1) is 0 Å². The third kappa shape index (κ3) is 2.79. The van der Waals surface area contributed by atoms with E-state index in [4.69, 9.17) is 4.74 Å². The quantitative estimate of drug-likeness (QED) is 0.828. The highest BCUT2D eigenvalue weighted by Gasteiger charge is 2.40. The maximum Gasteiger partial charge on any atom is 0.119 e. The normalized spacial score (nSPS) is 27.6. The summed E-state index contributed by atoms with van der Waals surface area (Å²) in [5.74, 6) is 1.68. The van der Waals surface area contributed by atoms with Crippen LogP contribution in [0.25, 0.3) is 0 Å². The molecule has 136 valence electrons. The first kappa shape index (κ1) is 16.2. The van der Waals surface area contributed by atoms with E-state index in [1.807, 2.05) is 0 Å². The summed E-state index contributed by atoms with van der Waals surface area (Å²) in [5.41, 5.74) is 4.47. The van der Waals surface area contributed by atoms with Gasteiger partial charge in [0.1, 0.15) is 5.75 Å². The lowest BCUT2D eigenvalue weighted by Gasteiger charge is -2.53. The first-order valence-electron chi connectivity index (χ1n) is 10.0. The van der Waals surface area contributed by atoms with Crippen LogP contribution in [0.15, 0.2) is 48.5 Å². The Bertz CT molecular complexity index is 775. The second-order valence-corrected chi connectivity index (χ2v) is 8.13. The lowest BCUT2D eigenvalue weighted by molar-refractivity contribution is 0.0894. The Hall–Kier alpha value is -2.00. The molecular formula is C23H28N2O. The van der Waals surface area contributed by atoms with E-state index in [2.05, 4.69) is 58.3 Å². The van der Waals surface area contributed by atoms with Gasteiger partial charge in [0.15, 0.2) is 0 Å². The van der Waals surface area contributed by atoms with Gasteiger partial charge >= 0.3 is 0 Å². The summed E-state index contributed by atoms with van der Waals surface area (Å²) < 4.78 is 5.47. The number of piperazine rings is 1. The zero-order chi connectivity index (χ0) is 17.5. The van der Waals surface area contributed by atoms with Gasteiger partial charge in [0.25, 0.3) is 0 Å². The summed E-state index contributed by atoms with van der Waals surface area (Å²) in [7, 11) is 1.77. The molecule has 0 aromatic heterocycles. The predicted octanol–water partition coefficient (Wildman–Crippen LogP) is 4.08. The Labute approximate surface area is 156 Å². The van der Waals surface area contributed by atoms with Crippen LogP contribution in [-0.2, 0) is 6.42 Å². The Morgan fingerprint density at radius 3 is 2.58 bits per heavy atom. The van der Waals surface area contributed by atoms with Gasteiger partial charge in [-0.05, 0) is 67.0 Å². The minimum absolute atomic E-state index is 0.671. The molecular weight excluding hydrogens is 320 g/mol. The summed E-state index contributed by atoms with van der Waals surface area (Å²) >= 11 is 0. The molecule has 2 bridgehead atoms. The molecule has 3 fully saturated rings. The molecule has 3 heteroatoms. The molecule has 3 nitrogen and oxygen atoms in total. The maximum atomic E-state index is 5.47. The maximum absolute atomic E-state index is 5.47. The van der Waals surface area contributed by atoms with E-state index in [0.29, 0.717) is 18.0 Å². The fourth-order valence-corrected chi connectivity index (χ4v) is 5.34. The van der Waals surface area contributed by atoms with Crippen LogP contribution in [0.3, 0.4) is 0 Å². The number of methoxy groups -OCH3 is 1. The topological polar surface area (TPSA) is 15.7 Å². The van der Waals surface area contributed by atoms with Crippen molar-refractivity contribution in [3.8, 4) is 5.75 Å². The first-order valence-corrected chi connectivity index (χ1v) is 10.0. The molecule has 3 saturated heterocycles. The second kappa shape index (κ2) is 6.62. The number of benzene rings is 2. The molecule has 26 heavy (non-hydrogen) atoms. The van der Waals surface area contributed by atoms with Crippen LogP contribution in [0.1, 0.15) is 36.3 Å². The third-order valence-electron chi connectivity index (χ3n) is 6.74. The number of nitrogens with zero attached hydrogens (tertiary/aromatic N) is 2. The SMILES string of the molecule is COc1ccc2c(c1)[C@H](CN1C[C@@H]3CCC1CN3c1ccccc1)CC2. The van der Waals surface area contributed by atoms with Gasteiger partial charge in [0.05, 0.1) is 7.11 Å². The molecule has 2 aromatic rings. The van der Waals surface area contributed by atoms with Crippen molar-refractivity contribution in [2.75, 3.05) is 31.6 Å². The average Bonchev–Trinajstić information content (AvgIpc) is 3.11. The van der Waals surface area contributed by atoms with Gasteiger partial charge in [-0.1, -0.05) is 24.3 Å². The number of anilines is 1. The van der Waals surface area contributed by atoms with Crippen LogP contribution in [0.5, 0.6) is 5.75 Å². The van der Waals surface area contributed by atoms with Crippen molar-refractivity contribution in [1.29, 1.82) is 0 Å². The van der Waals surface area contributed by atoms with Crippen molar-refractivity contribution >= 4 is 5.69 Å². The number of rotatable bonds is 4. The van der Waals surface area contributed by atoms with Crippen LogP contribution in [0, 0.1) is 0 Å². The molecule has 2 aromatic carbocycles. The second-order valence-electron chi connectivity index (χ2n) is 8.13. The molecule has 0 radical (unpaired) electrons. The molecule has 6 rings (SSSR count). The van der Waals surface area contributed by atoms with Gasteiger partial charge in [-0.2, -0.15) is 0 Å². The average molecular weight is 348 g/mol. The highest BCUT2D eigenvalue weighted by atomic mass is 16.5. The third-order valence-corrected chi connectivity index (χ3v) is 6.74. The molecule has 0 saturated carbocycles. The van der Waals surface area contributed by atoms with Gasteiger partial charge < -0.3 is 9.64 Å². The van der Waals surface area contributed by atoms with Crippen molar-refractivity contribution in [3.63, 3.8) is 0 Å². The van der Waals surface area contributed by atoms with Crippen LogP contribution in [0.2, 0.25) is 0 Å². The van der Waals surface area contributed by atoms with Gasteiger partial charge in [-0.3, -0.25) is 4.90 Å². The van der Waals surface area contributed by atoms with Gasteiger partial charge in [-0.25, -0.2) is 0 Å². The molecule has 3 heterocycles. The number of piperidine rings is 2. The Kier molecular flexibility index (Phi) is 4.12. The molecule has 0 spiro atoms. The van der Waals surface area contributed by atoms with Crippen LogP contribution >= 0.6 is 0 Å². The van der Waals surface area contributed by atoms with E-state index < -0.39 is 0 Å². The zero-order valence-corrected chi connectivity index (χ0v) is 15.6. The van der Waals surface area contributed by atoms with Crippen LogP contribution < -0.4 is 9.64 Å². The summed E-state index contributed by atoms with van der Waals surface area (Å²) in [5, 5.41) is 0. The minimum Gasteiger partial charge on any atom is -0.497 e. The fourth-order valence-electron chi connectivity index (χ4n) is 5.34. The summed E-state index contributed by atoms with van der Waals surface area (Å²) in [6.45, 7) is 3.62. The molecule has 1 aliphatic carbocycles. The molecule has 3 aliphatic heterocycles. The number of hydrogen-bond acceptors (Lipinski definition) is 3. The summed E-state index contributed by atoms with van der Waals surface area (Å²) in [6.07, 6.45) is 5.21. The summed E-state index contributed by atoms with van der Waals surface area (Å²) in [6, 6.07) is 19.0. The molecule has 1 unspecified atom stereocenters. The van der Waals surface area contributed by atoms with E-state index in [0.717, 1.165) is 5.75 Å². The zero-order valence-electron chi connectivity index (χ0n) is 15.6. The highest BCUT2D eigenvalue weighted by molar-refractivity contribution is 5.49. The van der Waals surface area contributed by atoms with Crippen LogP contribution in [-0.4, -0.2) is 43.7 Å². The van der Waals surface area contributed by atoms with E-state index in [1.165, 1.54) is 62.1 Å². The Morgan fingerprint density at radius 1 is 0.962 bits per heavy atom. The Morgan fingerprint density at radius 2 is 1.81 bits per heavy atom. The van der Waals surface area contributed by atoms with E-state index in [-0.39, 0.29) is 0 Å². The monoisotopic (exact) mass is 348 g/mol. The van der Waals surface area contributed by atoms with E-state index >= 15 is 0 Å². The summed E-state index contributed by atoms with van der Waals surface area (Å²) in [4.78, 5) is 5.43. The molecule has 0 amide bonds. The standard InChI is InChI=1S/C23H28N2O/c1-26-22-12-9-17-7-8-18(23(17)13-22)14-24-15-21-11-10-20(24)16-25(21)19-5-3-2-4-6-19/h2-6,9,12-13,18,20-21H,7-8,10-11,14-16H2,1H3/t18-,20?,21-/m0/s1. The highest BCUT2D eigenvalue weighted by Crippen LogP contribution is 2.39. The van der Waals surface area contributed by atoms with Crippen molar-refractivity contribution in [1.82, 2.24) is 4.90 Å². The Balaban J connectivity index is 1.31. The molecule has 4 aliphatic rings. The number of aryl methyl sites for hydroxylation is 1. The molecule has 0 N–H and O–H groups in total. The fraction of sp³-hybridized carbons (Fsp3) is 0.478. The van der Waals surface area contributed by atoms with Gasteiger partial charge in [0.2, 0.25) is 0 Å². The lowest BCUT2D eigenvalue weighted by atomic mass is 9.88. The van der Waals surface area contributed by atoms with Crippen molar-refractivity contribution in [2.45, 2.75) is 43.7 Å².